The Morgan fingerprint density at radius 3 is 2.18 bits per heavy atom. The summed E-state index contributed by atoms with van der Waals surface area (Å²) in [6.45, 7) is 10.4. The molecule has 0 saturated heterocycles. The minimum absolute atomic E-state index is 0.369. The fourth-order valence-electron chi connectivity index (χ4n) is 4.35. The number of ether oxygens (including phenoxy) is 1. The van der Waals surface area contributed by atoms with Gasteiger partial charge in [0.05, 0.1) is 6.61 Å². The van der Waals surface area contributed by atoms with E-state index in [9.17, 15) is 4.79 Å². The van der Waals surface area contributed by atoms with Crippen LogP contribution < -0.4 is 0 Å². The molecule has 178 valence electrons. The van der Waals surface area contributed by atoms with Gasteiger partial charge in [-0.2, -0.15) is 0 Å². The molecule has 0 unspecified atom stereocenters. The molecular weight excluding hydrogens is 416 g/mol. The zero-order chi connectivity index (χ0) is 24.3. The van der Waals surface area contributed by atoms with E-state index in [1.165, 1.54) is 69.8 Å². The molecule has 0 aliphatic heterocycles. The summed E-state index contributed by atoms with van der Waals surface area (Å²) < 4.78 is 5.19. The molecule has 0 aliphatic rings. The highest BCUT2D eigenvalue weighted by molar-refractivity contribution is 5.81. The summed E-state index contributed by atoms with van der Waals surface area (Å²) in [5.74, 6) is -0.370. The largest absolute Gasteiger partial charge is 0.462 e. The molecule has 3 rings (SSSR count). The average molecular weight is 455 g/mol. The number of carbonyl (C=O) groups is 1. The quantitative estimate of drug-likeness (QED) is 0.208. The maximum absolute atomic E-state index is 11.3. The summed E-state index contributed by atoms with van der Waals surface area (Å²) in [5.41, 5.74) is 10.6. The van der Waals surface area contributed by atoms with Crippen molar-refractivity contribution in [1.29, 1.82) is 0 Å². The molecule has 3 aromatic carbocycles. The first-order valence-corrected chi connectivity index (χ1v) is 12.6. The molecule has 0 fully saturated rings. The van der Waals surface area contributed by atoms with Gasteiger partial charge in [-0.3, -0.25) is 0 Å². The van der Waals surface area contributed by atoms with Crippen molar-refractivity contribution in [3.63, 3.8) is 0 Å². The van der Waals surface area contributed by atoms with E-state index in [4.69, 9.17) is 4.74 Å². The van der Waals surface area contributed by atoms with Crippen LogP contribution in [0.5, 0.6) is 0 Å². The van der Waals surface area contributed by atoms with Gasteiger partial charge in [-0.1, -0.05) is 87.5 Å². The van der Waals surface area contributed by atoms with Crippen molar-refractivity contribution in [1.82, 2.24) is 0 Å². The van der Waals surface area contributed by atoms with E-state index in [0.29, 0.717) is 13.0 Å². The van der Waals surface area contributed by atoms with Crippen molar-refractivity contribution in [3.8, 4) is 11.1 Å². The smallest absolute Gasteiger partial charge is 0.330 e. The standard InChI is InChI=1S/C32H38O2/c1-5-8-9-25-11-13-26(14-12-25)15-16-27-17-19-31(28(6-2)22-27)30-18-10-24(4)29(23-30)20-21-34-32(33)7-3/h7,10-14,17-19,22-23H,3,5-6,8-9,15-16,20-21H2,1-2,4H3. The van der Waals surface area contributed by atoms with Crippen LogP contribution in [0.2, 0.25) is 0 Å². The van der Waals surface area contributed by atoms with Crippen LogP contribution in [0.25, 0.3) is 11.1 Å². The molecule has 0 atom stereocenters. The van der Waals surface area contributed by atoms with E-state index in [0.717, 1.165) is 19.3 Å². The molecule has 0 aromatic heterocycles. The van der Waals surface area contributed by atoms with Gasteiger partial charge in [0.1, 0.15) is 0 Å². The molecule has 0 heterocycles. The van der Waals surface area contributed by atoms with Crippen LogP contribution in [0.3, 0.4) is 0 Å². The number of aryl methyl sites for hydroxylation is 5. The Morgan fingerprint density at radius 2 is 1.50 bits per heavy atom. The fraction of sp³-hybridized carbons (Fsp3) is 0.344. The lowest BCUT2D eigenvalue weighted by Crippen LogP contribution is -2.05. The summed E-state index contributed by atoms with van der Waals surface area (Å²) in [7, 11) is 0. The summed E-state index contributed by atoms with van der Waals surface area (Å²) in [5, 5.41) is 0. The third-order valence-electron chi connectivity index (χ3n) is 6.54. The van der Waals surface area contributed by atoms with Crippen molar-refractivity contribution < 1.29 is 9.53 Å². The Kier molecular flexibility index (Phi) is 9.70. The third-order valence-corrected chi connectivity index (χ3v) is 6.54. The second-order valence-electron chi connectivity index (χ2n) is 9.03. The Bertz CT molecular complexity index is 1090. The Morgan fingerprint density at radius 1 is 0.824 bits per heavy atom. The topological polar surface area (TPSA) is 26.3 Å². The molecule has 0 amide bonds. The predicted molar refractivity (Wildman–Crippen MR) is 143 cm³/mol. The normalized spacial score (nSPS) is 10.8. The van der Waals surface area contributed by atoms with Gasteiger partial charge in [-0.25, -0.2) is 4.79 Å². The van der Waals surface area contributed by atoms with Gasteiger partial charge in [-0.05, 0) is 83.5 Å². The summed E-state index contributed by atoms with van der Waals surface area (Å²) in [6.07, 6.45) is 8.71. The highest BCUT2D eigenvalue weighted by atomic mass is 16.5. The van der Waals surface area contributed by atoms with E-state index in [1.807, 2.05) is 0 Å². The molecule has 2 nitrogen and oxygen atoms in total. The molecule has 34 heavy (non-hydrogen) atoms. The van der Waals surface area contributed by atoms with Gasteiger partial charge in [-0.15, -0.1) is 0 Å². The van der Waals surface area contributed by atoms with E-state index in [1.54, 1.807) is 0 Å². The first-order chi connectivity index (χ1) is 16.5. The van der Waals surface area contributed by atoms with Gasteiger partial charge in [0, 0.05) is 12.5 Å². The maximum atomic E-state index is 11.3. The van der Waals surface area contributed by atoms with Crippen LogP contribution in [-0.4, -0.2) is 12.6 Å². The highest BCUT2D eigenvalue weighted by Gasteiger charge is 2.09. The molecule has 2 heteroatoms. The van der Waals surface area contributed by atoms with Gasteiger partial charge in [0.15, 0.2) is 0 Å². The zero-order valence-corrected chi connectivity index (χ0v) is 21.0. The van der Waals surface area contributed by atoms with E-state index >= 15 is 0 Å². The van der Waals surface area contributed by atoms with Crippen LogP contribution in [-0.2, 0) is 41.6 Å². The average Bonchev–Trinajstić information content (AvgIpc) is 2.87. The number of hydrogen-bond acceptors (Lipinski definition) is 2. The monoisotopic (exact) mass is 454 g/mol. The molecule has 0 aliphatic carbocycles. The summed E-state index contributed by atoms with van der Waals surface area (Å²) in [4.78, 5) is 11.3. The molecule has 0 spiro atoms. The summed E-state index contributed by atoms with van der Waals surface area (Å²) >= 11 is 0. The third kappa shape index (κ3) is 7.18. The van der Waals surface area contributed by atoms with Gasteiger partial charge in [0.2, 0.25) is 0 Å². The maximum Gasteiger partial charge on any atom is 0.330 e. The van der Waals surface area contributed by atoms with Crippen molar-refractivity contribution in [3.05, 3.63) is 107 Å². The van der Waals surface area contributed by atoms with Gasteiger partial charge in [0.25, 0.3) is 0 Å². The van der Waals surface area contributed by atoms with E-state index in [2.05, 4.69) is 88.0 Å². The second-order valence-corrected chi connectivity index (χ2v) is 9.03. The van der Waals surface area contributed by atoms with Crippen molar-refractivity contribution in [2.75, 3.05) is 6.61 Å². The number of carbonyl (C=O) groups excluding carboxylic acids is 1. The molecule has 0 radical (unpaired) electrons. The molecule has 3 aromatic rings. The van der Waals surface area contributed by atoms with Crippen LogP contribution in [0.1, 0.15) is 60.1 Å². The van der Waals surface area contributed by atoms with Crippen LogP contribution >= 0.6 is 0 Å². The van der Waals surface area contributed by atoms with E-state index in [-0.39, 0.29) is 5.97 Å². The number of esters is 1. The predicted octanol–water partition coefficient (Wildman–Crippen LogP) is 7.62. The summed E-state index contributed by atoms with van der Waals surface area (Å²) in [6, 6.07) is 22.7. The number of unbranched alkanes of at least 4 members (excludes halogenated alkanes) is 1. The minimum Gasteiger partial charge on any atom is -0.462 e. The number of hydrogen-bond donors (Lipinski definition) is 0. The fourth-order valence-corrected chi connectivity index (χ4v) is 4.35. The number of rotatable bonds is 12. The van der Waals surface area contributed by atoms with Crippen LogP contribution in [0, 0.1) is 6.92 Å². The van der Waals surface area contributed by atoms with Crippen molar-refractivity contribution in [2.24, 2.45) is 0 Å². The molecular formula is C32H38O2. The first kappa shape index (κ1) is 25.5. The Labute approximate surface area is 205 Å². The Balaban J connectivity index is 1.69. The lowest BCUT2D eigenvalue weighted by atomic mass is 9.92. The molecule has 0 N–H and O–H groups in total. The van der Waals surface area contributed by atoms with Crippen molar-refractivity contribution >= 4 is 5.97 Å². The van der Waals surface area contributed by atoms with Crippen molar-refractivity contribution in [2.45, 2.75) is 65.7 Å². The van der Waals surface area contributed by atoms with Gasteiger partial charge < -0.3 is 4.74 Å². The lowest BCUT2D eigenvalue weighted by Gasteiger charge is -2.14. The molecule has 0 saturated carbocycles. The van der Waals surface area contributed by atoms with E-state index < -0.39 is 0 Å². The Hall–Kier alpha value is -3.13. The van der Waals surface area contributed by atoms with Crippen LogP contribution in [0.4, 0.5) is 0 Å². The SMILES string of the molecule is C=CC(=O)OCCc1cc(-c2ccc(CCc3ccc(CCCC)cc3)cc2CC)ccc1C. The molecule has 0 bridgehead atoms. The second kappa shape index (κ2) is 12.9. The lowest BCUT2D eigenvalue weighted by molar-refractivity contribution is -0.137. The zero-order valence-electron chi connectivity index (χ0n) is 21.0. The van der Waals surface area contributed by atoms with Gasteiger partial charge >= 0.3 is 5.97 Å². The van der Waals surface area contributed by atoms with Crippen LogP contribution in [0.15, 0.2) is 73.3 Å². The first-order valence-electron chi connectivity index (χ1n) is 12.6. The minimum atomic E-state index is -0.370. The highest BCUT2D eigenvalue weighted by Crippen LogP contribution is 2.28. The number of benzene rings is 3.